The summed E-state index contributed by atoms with van der Waals surface area (Å²) in [6, 6.07) is 14.3. The Morgan fingerprint density at radius 2 is 0.988 bits per heavy atom. The standard InChI is InChI=1S/C36H54N10O3.5C2HF3O2/c37-29(10-7-16-41-36(38)39)35(49)40-17-21-44-24-22-43(23-25-44)18-6-5-8-27-14-19-45(20-15-27)26-33(47)46-31-12-3-1-9-28(31)34(48)42-30-11-2-4-13-32(30)46;5*3-2(4,5)1(6)7/h1-4,9,11-13,27,29H,5-8,10,14-26,37H2,(H,40,49)(H,42,48)(H4,38,39,41);5*(H,6,7)/t29-;;;;;/m0...../s1. The fourth-order valence-corrected chi connectivity index (χ4v) is 7.04. The van der Waals surface area contributed by atoms with Crippen LogP contribution in [-0.2, 0) is 33.6 Å². The zero-order chi connectivity index (χ0) is 65.0. The Morgan fingerprint density at radius 3 is 1.42 bits per heavy atom. The lowest BCUT2D eigenvalue weighted by molar-refractivity contribution is -0.193. The molecular formula is C46H59F15N10O13. The number of likely N-dealkylation sites (tertiary alicyclic amines) is 1. The molecule has 84 heavy (non-hydrogen) atoms. The number of hydrogen-bond acceptors (Lipinski definition) is 13. The van der Waals surface area contributed by atoms with Gasteiger partial charge in [0.05, 0.1) is 35.2 Å². The third-order valence-electron chi connectivity index (χ3n) is 11.1. The zero-order valence-corrected chi connectivity index (χ0v) is 43.6. The molecular weight excluding hydrogens is 1190 g/mol. The minimum atomic E-state index is -5.08. The van der Waals surface area contributed by atoms with Crippen LogP contribution in [-0.4, -0.2) is 203 Å². The van der Waals surface area contributed by atoms with Gasteiger partial charge in [0.2, 0.25) is 11.8 Å². The first-order chi connectivity index (χ1) is 38.5. The van der Waals surface area contributed by atoms with Crippen LogP contribution in [0, 0.1) is 5.92 Å². The van der Waals surface area contributed by atoms with Gasteiger partial charge in [0.15, 0.2) is 5.96 Å². The van der Waals surface area contributed by atoms with E-state index in [0.29, 0.717) is 61.0 Å². The van der Waals surface area contributed by atoms with Crippen molar-refractivity contribution in [2.45, 2.75) is 81.9 Å². The first-order valence-corrected chi connectivity index (χ1v) is 24.1. The Labute approximate surface area is 466 Å². The largest absolute Gasteiger partial charge is 0.490 e. The number of carboxylic acid groups (broad SMARTS) is 5. The van der Waals surface area contributed by atoms with E-state index in [0.717, 1.165) is 65.2 Å². The van der Waals surface area contributed by atoms with E-state index in [-0.39, 0.29) is 23.7 Å². The number of piperidine rings is 1. The number of carbonyl (C=O) groups is 8. The van der Waals surface area contributed by atoms with E-state index < -0.39 is 66.8 Å². The molecule has 13 N–H and O–H groups in total. The number of aliphatic carboxylic acids is 5. The van der Waals surface area contributed by atoms with Gasteiger partial charge in [-0.1, -0.05) is 37.1 Å². The Kier molecular flexibility index (Phi) is 32.1. The number of fused-ring (bicyclic) bond motifs is 2. The lowest BCUT2D eigenvalue weighted by Gasteiger charge is -2.35. The fourth-order valence-electron chi connectivity index (χ4n) is 7.04. The molecule has 0 unspecified atom stereocenters. The molecule has 23 nitrogen and oxygen atoms in total. The van der Waals surface area contributed by atoms with E-state index in [1.165, 1.54) is 19.3 Å². The lowest BCUT2D eigenvalue weighted by atomic mass is 9.91. The molecule has 1 atom stereocenters. The third kappa shape index (κ3) is 31.6. The van der Waals surface area contributed by atoms with Crippen LogP contribution in [0.15, 0.2) is 53.5 Å². The summed E-state index contributed by atoms with van der Waals surface area (Å²) < 4.78 is 159. The second-order valence-corrected chi connectivity index (χ2v) is 17.5. The minimum absolute atomic E-state index is 0.0174. The molecule has 0 aliphatic carbocycles. The molecule has 0 aromatic heterocycles. The van der Waals surface area contributed by atoms with Crippen molar-refractivity contribution < 1.29 is 130 Å². The molecule has 3 heterocycles. The molecule has 3 aliphatic heterocycles. The average Bonchev–Trinajstić information content (AvgIpc) is 2.05. The molecule has 3 aliphatic rings. The molecule has 0 saturated carbocycles. The van der Waals surface area contributed by atoms with Gasteiger partial charge in [0.25, 0.3) is 5.91 Å². The lowest BCUT2D eigenvalue weighted by Crippen LogP contribution is -2.49. The monoisotopic (exact) mass is 1240 g/mol. The smallest absolute Gasteiger partial charge is 0.475 e. The number of alkyl halides is 15. The first-order valence-electron chi connectivity index (χ1n) is 24.1. The number of para-hydroxylation sites is 3. The number of rotatable bonds is 15. The van der Waals surface area contributed by atoms with Gasteiger partial charge in [-0.3, -0.25) is 34.1 Å². The summed E-state index contributed by atoms with van der Waals surface area (Å²) in [5, 5.41) is 41.6. The van der Waals surface area contributed by atoms with Gasteiger partial charge in [-0.2, -0.15) is 65.9 Å². The highest BCUT2D eigenvalue weighted by molar-refractivity contribution is 6.18. The topological polar surface area (TPSA) is 365 Å². The Hall–Kier alpha value is -7.74. The number of nitrogens with two attached hydrogens (primary N) is 3. The SMILES string of the molecule is NC(N)=NCCC[C@H](N)C(=O)NCCN1CCN(CCCCC2CCN(CC(=O)N3c4ccccc4NC(=O)c4ccccc43)CC2)CC1.O=C(O)C(F)(F)F.O=C(O)C(F)(F)F.O=C(O)C(F)(F)F.O=C(O)C(F)(F)F.O=C(O)C(F)(F)F. The quantitative estimate of drug-likeness (QED) is 0.0481. The highest BCUT2D eigenvalue weighted by atomic mass is 19.4. The van der Waals surface area contributed by atoms with Gasteiger partial charge in [0.1, 0.15) is 0 Å². The number of piperazine rings is 1. The van der Waals surface area contributed by atoms with Crippen molar-refractivity contribution in [2.75, 3.05) is 82.2 Å². The maximum absolute atomic E-state index is 13.8. The number of guanidine groups is 1. The average molecular weight is 1250 g/mol. The van der Waals surface area contributed by atoms with E-state index in [1.807, 2.05) is 42.5 Å². The van der Waals surface area contributed by atoms with E-state index in [2.05, 4.69) is 30.3 Å². The number of nitrogens with one attached hydrogen (secondary N) is 2. The van der Waals surface area contributed by atoms with E-state index in [4.69, 9.17) is 66.7 Å². The van der Waals surface area contributed by atoms with Crippen LogP contribution in [0.3, 0.4) is 0 Å². The van der Waals surface area contributed by atoms with Crippen molar-refractivity contribution >= 4 is 70.6 Å². The maximum Gasteiger partial charge on any atom is 0.490 e. The van der Waals surface area contributed by atoms with Crippen LogP contribution in [0.1, 0.15) is 55.3 Å². The summed E-state index contributed by atoms with van der Waals surface area (Å²) in [7, 11) is 0. The van der Waals surface area contributed by atoms with Crippen LogP contribution in [0.4, 0.5) is 82.9 Å². The maximum atomic E-state index is 13.8. The second kappa shape index (κ2) is 35.4. The van der Waals surface area contributed by atoms with Crippen LogP contribution < -0.4 is 32.7 Å². The molecule has 5 rings (SSSR count). The van der Waals surface area contributed by atoms with E-state index in [1.54, 1.807) is 11.0 Å². The van der Waals surface area contributed by atoms with Crippen LogP contribution in [0.2, 0.25) is 0 Å². The summed E-state index contributed by atoms with van der Waals surface area (Å²) in [6.45, 7) is 9.34. The minimum Gasteiger partial charge on any atom is -0.475 e. The number of halogens is 15. The van der Waals surface area contributed by atoms with Crippen molar-refractivity contribution in [2.24, 2.45) is 28.1 Å². The van der Waals surface area contributed by atoms with Crippen LogP contribution >= 0.6 is 0 Å². The van der Waals surface area contributed by atoms with Crippen molar-refractivity contribution in [1.82, 2.24) is 20.0 Å². The summed E-state index contributed by atoms with van der Waals surface area (Å²) in [6.07, 6.45) is -18.3. The Bertz CT molecular complexity index is 2340. The van der Waals surface area contributed by atoms with Crippen molar-refractivity contribution in [3.05, 3.63) is 54.1 Å². The molecule has 2 fully saturated rings. The predicted molar refractivity (Wildman–Crippen MR) is 263 cm³/mol. The number of benzene rings is 2. The van der Waals surface area contributed by atoms with Crippen molar-refractivity contribution in [1.29, 1.82) is 0 Å². The summed E-state index contributed by atoms with van der Waals surface area (Å²) in [5.74, 6) is -13.4. The molecule has 476 valence electrons. The number of anilines is 3. The molecule has 2 saturated heterocycles. The van der Waals surface area contributed by atoms with Crippen LogP contribution in [0.25, 0.3) is 0 Å². The number of unbranched alkanes of at least 4 members (excludes halogenated alkanes) is 1. The van der Waals surface area contributed by atoms with Gasteiger partial charge in [-0.05, 0) is 81.9 Å². The van der Waals surface area contributed by atoms with Gasteiger partial charge in [-0.25, -0.2) is 24.0 Å². The second-order valence-electron chi connectivity index (χ2n) is 17.5. The summed E-state index contributed by atoms with van der Waals surface area (Å²) in [4.78, 5) is 96.3. The highest BCUT2D eigenvalue weighted by Gasteiger charge is 2.41. The number of nitrogens with zero attached hydrogens (tertiary/aromatic N) is 5. The van der Waals surface area contributed by atoms with Crippen LogP contribution in [0.5, 0.6) is 0 Å². The number of amides is 3. The normalized spacial score (nSPS) is 15.3. The highest BCUT2D eigenvalue weighted by Crippen LogP contribution is 2.38. The molecule has 0 spiro atoms. The van der Waals surface area contributed by atoms with Gasteiger partial charge in [-0.15, -0.1) is 0 Å². The number of carbonyl (C=O) groups excluding carboxylic acids is 3. The number of aliphatic imine (C=N–C) groups is 1. The van der Waals surface area contributed by atoms with Gasteiger partial charge in [0, 0.05) is 45.8 Å². The summed E-state index contributed by atoms with van der Waals surface area (Å²) >= 11 is 0. The Balaban J connectivity index is 0.00000158. The third-order valence-corrected chi connectivity index (χ3v) is 11.1. The molecule has 0 bridgehead atoms. The van der Waals surface area contributed by atoms with E-state index in [9.17, 15) is 80.2 Å². The van der Waals surface area contributed by atoms with E-state index >= 15 is 0 Å². The molecule has 3 amide bonds. The number of hydrogen-bond donors (Lipinski definition) is 10. The van der Waals surface area contributed by atoms with Crippen molar-refractivity contribution in [3.8, 4) is 0 Å². The molecule has 38 heteroatoms. The Morgan fingerprint density at radius 1 is 0.583 bits per heavy atom. The molecule has 2 aromatic rings. The molecule has 2 aromatic carbocycles. The fraction of sp³-hybridized carbons (Fsp3) is 0.543. The van der Waals surface area contributed by atoms with Gasteiger partial charge < -0.3 is 58.3 Å². The van der Waals surface area contributed by atoms with Gasteiger partial charge >= 0.3 is 60.7 Å². The molecule has 0 radical (unpaired) electrons. The number of carboxylic acids is 5. The summed E-state index contributed by atoms with van der Waals surface area (Å²) in [5.41, 5.74) is 19.1. The van der Waals surface area contributed by atoms with Crippen molar-refractivity contribution in [3.63, 3.8) is 0 Å². The first kappa shape index (κ1) is 76.3. The zero-order valence-electron chi connectivity index (χ0n) is 43.6. The predicted octanol–water partition coefficient (Wildman–Crippen LogP) is 5.08.